The molecule has 0 saturated heterocycles. The first-order chi connectivity index (χ1) is 7.06. The average Bonchev–Trinajstić information content (AvgIpc) is 2.12. The van der Waals surface area contributed by atoms with Crippen LogP contribution in [0.5, 0.6) is 0 Å². The molecule has 0 amide bonds. The van der Waals surface area contributed by atoms with Gasteiger partial charge in [0.05, 0.1) is 13.2 Å². The van der Waals surface area contributed by atoms with E-state index < -0.39 is 12.3 Å². The normalized spacial score (nSPS) is 11.6. The Hall–Kier alpha value is -1.36. The summed E-state index contributed by atoms with van der Waals surface area (Å²) in [4.78, 5) is 21.2. The summed E-state index contributed by atoms with van der Waals surface area (Å²) < 4.78 is 14.7. The van der Waals surface area contributed by atoms with Crippen molar-refractivity contribution >= 4 is 11.9 Å². The number of hydrogen-bond donors (Lipinski definition) is 0. The van der Waals surface area contributed by atoms with Crippen LogP contribution in [-0.2, 0) is 23.8 Å². The number of ether oxygens (including phenoxy) is 3. The van der Waals surface area contributed by atoms with Gasteiger partial charge in [-0.15, -0.1) is 6.58 Å². The van der Waals surface area contributed by atoms with Crippen LogP contribution in [0.3, 0.4) is 0 Å². The summed E-state index contributed by atoms with van der Waals surface area (Å²) in [6.07, 6.45) is 1.16. The predicted octanol–water partition coefficient (Wildman–Crippen LogP) is 1.03. The topological polar surface area (TPSA) is 61.8 Å². The van der Waals surface area contributed by atoms with E-state index in [9.17, 15) is 9.59 Å². The molecule has 0 saturated carbocycles. The zero-order valence-electron chi connectivity index (χ0n) is 9.02. The molecule has 0 aromatic rings. The monoisotopic (exact) mass is 216 g/mol. The second-order valence-corrected chi connectivity index (χ2v) is 2.79. The van der Waals surface area contributed by atoms with E-state index in [1.165, 1.54) is 13.8 Å². The Morgan fingerprint density at radius 2 is 2.00 bits per heavy atom. The molecule has 0 aromatic heterocycles. The van der Waals surface area contributed by atoms with Crippen molar-refractivity contribution in [3.8, 4) is 0 Å². The first-order valence-electron chi connectivity index (χ1n) is 4.59. The number of rotatable bonds is 7. The molecule has 0 aliphatic carbocycles. The largest absolute Gasteiger partial charge is 0.466 e. The summed E-state index contributed by atoms with van der Waals surface area (Å²) in [5.74, 6) is -0.813. The van der Waals surface area contributed by atoms with E-state index in [2.05, 4.69) is 6.58 Å². The highest BCUT2D eigenvalue weighted by atomic mass is 16.7. The first kappa shape index (κ1) is 13.6. The van der Waals surface area contributed by atoms with Crippen molar-refractivity contribution in [1.29, 1.82) is 0 Å². The first-order valence-corrected chi connectivity index (χ1v) is 4.59. The van der Waals surface area contributed by atoms with Crippen molar-refractivity contribution < 1.29 is 23.8 Å². The maximum absolute atomic E-state index is 10.7. The molecule has 5 heteroatoms. The van der Waals surface area contributed by atoms with Crippen molar-refractivity contribution in [3.05, 3.63) is 12.7 Å². The van der Waals surface area contributed by atoms with Gasteiger partial charge < -0.3 is 14.2 Å². The van der Waals surface area contributed by atoms with Gasteiger partial charge >= 0.3 is 11.9 Å². The van der Waals surface area contributed by atoms with Gasteiger partial charge in [-0.25, -0.2) is 0 Å². The fourth-order valence-corrected chi connectivity index (χ4v) is 0.836. The van der Waals surface area contributed by atoms with Crippen LogP contribution >= 0.6 is 0 Å². The molecule has 0 fully saturated rings. The summed E-state index contributed by atoms with van der Waals surface area (Å²) in [5, 5.41) is 0. The van der Waals surface area contributed by atoms with E-state index in [1.807, 2.05) is 0 Å². The van der Waals surface area contributed by atoms with Gasteiger partial charge in [-0.2, -0.15) is 0 Å². The molecule has 15 heavy (non-hydrogen) atoms. The van der Waals surface area contributed by atoms with Crippen LogP contribution in [0.4, 0.5) is 0 Å². The van der Waals surface area contributed by atoms with Crippen LogP contribution in [0.1, 0.15) is 20.3 Å². The van der Waals surface area contributed by atoms with Crippen LogP contribution in [0.2, 0.25) is 0 Å². The lowest BCUT2D eigenvalue weighted by Crippen LogP contribution is -2.22. The van der Waals surface area contributed by atoms with Crippen molar-refractivity contribution in [1.82, 2.24) is 0 Å². The predicted molar refractivity (Wildman–Crippen MR) is 53.0 cm³/mol. The minimum atomic E-state index is -0.695. The van der Waals surface area contributed by atoms with E-state index in [-0.39, 0.29) is 19.2 Å². The molecule has 0 heterocycles. The Bertz CT molecular complexity index is 224. The fraction of sp³-hybridized carbons (Fsp3) is 0.600. The SMILES string of the molecule is C=CCOC(CCOC(C)=O)OC(C)=O. The van der Waals surface area contributed by atoms with E-state index in [0.29, 0.717) is 6.42 Å². The lowest BCUT2D eigenvalue weighted by Gasteiger charge is -2.16. The summed E-state index contributed by atoms with van der Waals surface area (Å²) in [6, 6.07) is 0. The number of esters is 2. The molecule has 0 radical (unpaired) electrons. The van der Waals surface area contributed by atoms with E-state index >= 15 is 0 Å². The maximum atomic E-state index is 10.7. The third-order valence-corrected chi connectivity index (χ3v) is 1.36. The Labute approximate surface area is 89.0 Å². The highest BCUT2D eigenvalue weighted by molar-refractivity contribution is 5.66. The molecule has 1 unspecified atom stereocenters. The zero-order chi connectivity index (χ0) is 11.7. The molecular formula is C10H16O5. The quantitative estimate of drug-likeness (QED) is 0.361. The van der Waals surface area contributed by atoms with E-state index in [4.69, 9.17) is 14.2 Å². The summed E-state index contributed by atoms with van der Waals surface area (Å²) >= 11 is 0. The number of hydrogen-bond acceptors (Lipinski definition) is 5. The Balaban J connectivity index is 3.83. The van der Waals surface area contributed by atoms with Gasteiger partial charge in [0.25, 0.3) is 0 Å². The smallest absolute Gasteiger partial charge is 0.304 e. The highest BCUT2D eigenvalue weighted by Gasteiger charge is 2.12. The van der Waals surface area contributed by atoms with Gasteiger partial charge in [0.2, 0.25) is 6.29 Å². The van der Waals surface area contributed by atoms with Gasteiger partial charge in [0, 0.05) is 20.3 Å². The molecular weight excluding hydrogens is 200 g/mol. The fourth-order valence-electron chi connectivity index (χ4n) is 0.836. The molecule has 0 spiro atoms. The van der Waals surface area contributed by atoms with Crippen LogP contribution in [0.25, 0.3) is 0 Å². The van der Waals surface area contributed by atoms with Gasteiger partial charge in [0.15, 0.2) is 0 Å². The zero-order valence-corrected chi connectivity index (χ0v) is 9.02. The molecule has 0 aliphatic heterocycles. The number of carbonyl (C=O) groups excluding carboxylic acids is 2. The minimum absolute atomic E-state index is 0.157. The van der Waals surface area contributed by atoms with Crippen LogP contribution < -0.4 is 0 Å². The van der Waals surface area contributed by atoms with E-state index in [1.54, 1.807) is 6.08 Å². The van der Waals surface area contributed by atoms with Gasteiger partial charge in [-0.1, -0.05) is 6.08 Å². The van der Waals surface area contributed by atoms with Crippen LogP contribution in [0.15, 0.2) is 12.7 Å². The van der Waals surface area contributed by atoms with E-state index in [0.717, 1.165) is 0 Å². The third-order valence-electron chi connectivity index (χ3n) is 1.36. The standard InChI is InChI=1S/C10H16O5/c1-4-6-14-10(15-9(3)12)5-7-13-8(2)11/h4,10H,1,5-7H2,2-3H3. The molecule has 0 rings (SSSR count). The molecule has 0 aliphatic rings. The molecule has 86 valence electrons. The second-order valence-electron chi connectivity index (χ2n) is 2.79. The Kier molecular flexibility index (Phi) is 7.27. The molecule has 1 atom stereocenters. The van der Waals surface area contributed by atoms with Crippen molar-refractivity contribution in [2.75, 3.05) is 13.2 Å². The maximum Gasteiger partial charge on any atom is 0.304 e. The van der Waals surface area contributed by atoms with Crippen molar-refractivity contribution in [2.24, 2.45) is 0 Å². The lowest BCUT2D eigenvalue weighted by atomic mass is 10.4. The Morgan fingerprint density at radius 3 is 2.47 bits per heavy atom. The third kappa shape index (κ3) is 8.96. The molecule has 0 aromatic carbocycles. The van der Waals surface area contributed by atoms with Gasteiger partial charge in [-0.05, 0) is 0 Å². The summed E-state index contributed by atoms with van der Waals surface area (Å²) in [5.41, 5.74) is 0. The highest BCUT2D eigenvalue weighted by Crippen LogP contribution is 2.02. The lowest BCUT2D eigenvalue weighted by molar-refractivity contribution is -0.177. The van der Waals surface area contributed by atoms with Crippen molar-refractivity contribution in [3.63, 3.8) is 0 Å². The summed E-state index contributed by atoms with van der Waals surface area (Å²) in [6.45, 7) is 6.50. The second kappa shape index (κ2) is 7.99. The minimum Gasteiger partial charge on any atom is -0.466 e. The number of carbonyl (C=O) groups is 2. The Morgan fingerprint density at radius 1 is 1.33 bits per heavy atom. The van der Waals surface area contributed by atoms with Crippen molar-refractivity contribution in [2.45, 2.75) is 26.6 Å². The molecule has 0 N–H and O–H groups in total. The summed E-state index contributed by atoms with van der Waals surface area (Å²) in [7, 11) is 0. The van der Waals surface area contributed by atoms with Gasteiger partial charge in [0.1, 0.15) is 0 Å². The molecule has 0 bridgehead atoms. The van der Waals surface area contributed by atoms with Gasteiger partial charge in [-0.3, -0.25) is 9.59 Å². The van der Waals surface area contributed by atoms with Crippen LogP contribution in [-0.4, -0.2) is 31.4 Å². The van der Waals surface area contributed by atoms with Crippen LogP contribution in [0, 0.1) is 0 Å². The average molecular weight is 216 g/mol. The molecule has 5 nitrogen and oxygen atoms in total.